The zero-order chi connectivity index (χ0) is 46.9. The number of anilines is 3. The number of hydrogen-bond acceptors (Lipinski definition) is 1. The molecule has 0 bridgehead atoms. The van der Waals surface area contributed by atoms with E-state index in [4.69, 9.17) is 0 Å². The van der Waals surface area contributed by atoms with Gasteiger partial charge in [-0.1, -0.05) is 218 Å². The summed E-state index contributed by atoms with van der Waals surface area (Å²) in [6.45, 7) is 0. The van der Waals surface area contributed by atoms with E-state index in [1.54, 1.807) is 0 Å². The lowest BCUT2D eigenvalue weighted by Crippen LogP contribution is -2.28. The van der Waals surface area contributed by atoms with Gasteiger partial charge in [-0.25, -0.2) is 0 Å². The standard InChI is InChI=1S/C69H46N2/c1-4-16-47(17-5-1)48-28-36-55(37-29-48)70(58-42-43-62-61-26-14-15-27-63(61)69(64(62)46-58,53-20-6-2-7-21-53)54-22-8-3-9-23-54)56-38-30-49(31-39-56)50-32-40-57(41-33-50)71-65-44-34-51-18-10-12-24-59(51)67(65)68-60-25-13-11-19-52(60)35-45-66(68)71/h1-46H. The number of benzene rings is 12. The summed E-state index contributed by atoms with van der Waals surface area (Å²) in [5, 5.41) is 7.66. The monoisotopic (exact) mass is 902 g/mol. The Labute approximate surface area is 413 Å². The Balaban J connectivity index is 0.888. The summed E-state index contributed by atoms with van der Waals surface area (Å²) < 4.78 is 2.44. The summed E-state index contributed by atoms with van der Waals surface area (Å²) in [6, 6.07) is 103. The van der Waals surface area contributed by atoms with Gasteiger partial charge in [-0.05, 0) is 138 Å². The molecule has 0 aliphatic heterocycles. The predicted octanol–water partition coefficient (Wildman–Crippen LogP) is 18.3. The first-order chi connectivity index (χ1) is 35.2. The molecule has 0 unspecified atom stereocenters. The molecular weight excluding hydrogens is 857 g/mol. The Morgan fingerprint density at radius 1 is 0.296 bits per heavy atom. The zero-order valence-electron chi connectivity index (χ0n) is 39.0. The van der Waals surface area contributed by atoms with Crippen molar-refractivity contribution >= 4 is 60.4 Å². The van der Waals surface area contributed by atoms with Crippen molar-refractivity contribution in [2.75, 3.05) is 4.90 Å². The predicted molar refractivity (Wildman–Crippen MR) is 299 cm³/mol. The molecule has 2 heteroatoms. The normalized spacial score (nSPS) is 12.6. The highest BCUT2D eigenvalue weighted by Crippen LogP contribution is 2.57. The molecular formula is C69H46N2. The van der Waals surface area contributed by atoms with Gasteiger partial charge in [-0.15, -0.1) is 0 Å². The summed E-state index contributed by atoms with van der Waals surface area (Å²) in [6.07, 6.45) is 0. The van der Waals surface area contributed by atoms with Crippen molar-refractivity contribution in [3.63, 3.8) is 0 Å². The molecule has 0 saturated carbocycles. The van der Waals surface area contributed by atoms with E-state index >= 15 is 0 Å². The average Bonchev–Trinajstić information content (AvgIpc) is 3.96. The van der Waals surface area contributed by atoms with Crippen LogP contribution < -0.4 is 4.90 Å². The minimum absolute atomic E-state index is 0.510. The molecule has 1 heterocycles. The molecule has 1 aliphatic rings. The van der Waals surface area contributed by atoms with Crippen molar-refractivity contribution in [3.8, 4) is 39.1 Å². The molecule has 2 nitrogen and oxygen atoms in total. The molecule has 0 amide bonds. The number of nitrogens with zero attached hydrogens (tertiary/aromatic N) is 2. The molecule has 0 saturated heterocycles. The number of rotatable bonds is 8. The SMILES string of the molecule is c1ccc(-c2ccc(N(c3ccc(-c4ccc(-n5c6ccc7ccccc7c6c6c7ccccc7ccc65)cc4)cc3)c3ccc4c(c3)C(c3ccccc3)(c3ccccc3)c3ccccc3-4)cc2)cc1. The molecule has 12 aromatic carbocycles. The van der Waals surface area contributed by atoms with Crippen LogP contribution in [0.5, 0.6) is 0 Å². The fourth-order valence-electron chi connectivity index (χ4n) is 11.9. The Kier molecular flexibility index (Phi) is 9.47. The Morgan fingerprint density at radius 3 is 1.27 bits per heavy atom. The van der Waals surface area contributed by atoms with Gasteiger partial charge in [0.05, 0.1) is 16.4 Å². The molecule has 1 aliphatic carbocycles. The summed E-state index contributed by atoms with van der Waals surface area (Å²) in [5.74, 6) is 0. The van der Waals surface area contributed by atoms with E-state index in [1.165, 1.54) is 93.4 Å². The highest BCUT2D eigenvalue weighted by atomic mass is 15.1. The first-order valence-electron chi connectivity index (χ1n) is 24.6. The second-order valence-electron chi connectivity index (χ2n) is 18.8. The minimum Gasteiger partial charge on any atom is -0.310 e. The van der Waals surface area contributed by atoms with Gasteiger partial charge in [0.1, 0.15) is 0 Å². The van der Waals surface area contributed by atoms with Gasteiger partial charge < -0.3 is 9.47 Å². The van der Waals surface area contributed by atoms with Crippen LogP contribution in [-0.2, 0) is 5.41 Å². The average molecular weight is 903 g/mol. The topological polar surface area (TPSA) is 8.17 Å². The van der Waals surface area contributed by atoms with Crippen molar-refractivity contribution in [1.82, 2.24) is 4.57 Å². The van der Waals surface area contributed by atoms with Crippen molar-refractivity contribution < 1.29 is 0 Å². The second kappa shape index (κ2) is 16.5. The third kappa shape index (κ3) is 6.42. The van der Waals surface area contributed by atoms with Gasteiger partial charge in [0.15, 0.2) is 0 Å². The van der Waals surface area contributed by atoms with Crippen LogP contribution in [0.15, 0.2) is 279 Å². The lowest BCUT2D eigenvalue weighted by molar-refractivity contribution is 0.768. The molecule has 14 rings (SSSR count). The quantitative estimate of drug-likeness (QED) is 0.147. The van der Waals surface area contributed by atoms with Gasteiger partial charge >= 0.3 is 0 Å². The van der Waals surface area contributed by atoms with E-state index in [2.05, 4.69) is 289 Å². The van der Waals surface area contributed by atoms with Crippen molar-refractivity contribution in [2.24, 2.45) is 0 Å². The van der Waals surface area contributed by atoms with E-state index in [1.807, 2.05) is 0 Å². The highest BCUT2D eigenvalue weighted by Gasteiger charge is 2.46. The molecule has 0 N–H and O–H groups in total. The number of hydrogen-bond donors (Lipinski definition) is 0. The lowest BCUT2D eigenvalue weighted by atomic mass is 9.67. The van der Waals surface area contributed by atoms with Crippen LogP contribution in [0.3, 0.4) is 0 Å². The maximum atomic E-state index is 2.45. The maximum Gasteiger partial charge on any atom is 0.0714 e. The van der Waals surface area contributed by atoms with Gasteiger partial charge in [-0.2, -0.15) is 0 Å². The van der Waals surface area contributed by atoms with Crippen molar-refractivity contribution in [2.45, 2.75) is 5.41 Å². The van der Waals surface area contributed by atoms with Crippen molar-refractivity contribution in [1.29, 1.82) is 0 Å². The van der Waals surface area contributed by atoms with E-state index in [-0.39, 0.29) is 0 Å². The van der Waals surface area contributed by atoms with Crippen LogP contribution in [0.25, 0.3) is 82.4 Å². The van der Waals surface area contributed by atoms with Crippen LogP contribution in [-0.4, -0.2) is 4.57 Å². The van der Waals surface area contributed by atoms with Crippen LogP contribution in [0.4, 0.5) is 17.1 Å². The molecule has 0 atom stereocenters. The summed E-state index contributed by atoms with van der Waals surface area (Å²) in [5.41, 5.74) is 18.7. The van der Waals surface area contributed by atoms with Gasteiger partial charge in [-0.3, -0.25) is 0 Å². The van der Waals surface area contributed by atoms with Crippen LogP contribution in [0.2, 0.25) is 0 Å². The molecule has 1 aromatic heterocycles. The third-order valence-corrected chi connectivity index (χ3v) is 15.1. The Bertz CT molecular complexity index is 3980. The van der Waals surface area contributed by atoms with E-state index in [0.717, 1.165) is 28.3 Å². The Morgan fingerprint density at radius 2 is 0.718 bits per heavy atom. The maximum absolute atomic E-state index is 2.45. The molecule has 332 valence electrons. The molecule has 0 radical (unpaired) electrons. The zero-order valence-corrected chi connectivity index (χ0v) is 39.0. The summed E-state index contributed by atoms with van der Waals surface area (Å²) in [7, 11) is 0. The van der Waals surface area contributed by atoms with E-state index in [0.29, 0.717) is 0 Å². The van der Waals surface area contributed by atoms with E-state index < -0.39 is 5.41 Å². The van der Waals surface area contributed by atoms with Crippen LogP contribution in [0.1, 0.15) is 22.3 Å². The van der Waals surface area contributed by atoms with Gasteiger partial charge in [0.25, 0.3) is 0 Å². The Hall–Kier alpha value is -9.24. The first kappa shape index (κ1) is 40.8. The molecule has 0 spiro atoms. The summed E-state index contributed by atoms with van der Waals surface area (Å²) >= 11 is 0. The van der Waals surface area contributed by atoms with Gasteiger partial charge in [0.2, 0.25) is 0 Å². The number of fused-ring (bicyclic) bond motifs is 10. The smallest absolute Gasteiger partial charge is 0.0714 e. The third-order valence-electron chi connectivity index (χ3n) is 15.1. The van der Waals surface area contributed by atoms with Crippen LogP contribution in [0, 0.1) is 0 Å². The lowest BCUT2D eigenvalue weighted by Gasteiger charge is -2.35. The number of aromatic nitrogens is 1. The highest BCUT2D eigenvalue weighted by molar-refractivity contribution is 6.28. The van der Waals surface area contributed by atoms with Crippen LogP contribution >= 0.6 is 0 Å². The molecule has 71 heavy (non-hydrogen) atoms. The van der Waals surface area contributed by atoms with E-state index in [9.17, 15) is 0 Å². The largest absolute Gasteiger partial charge is 0.310 e. The van der Waals surface area contributed by atoms with Crippen molar-refractivity contribution in [3.05, 3.63) is 301 Å². The molecule has 13 aromatic rings. The van der Waals surface area contributed by atoms with Gasteiger partial charge in [0, 0.05) is 33.5 Å². The first-order valence-corrected chi connectivity index (χ1v) is 24.6. The minimum atomic E-state index is -0.510. The fraction of sp³-hybridized carbons (Fsp3) is 0.0145. The second-order valence-corrected chi connectivity index (χ2v) is 18.8. The summed E-state index contributed by atoms with van der Waals surface area (Å²) in [4.78, 5) is 2.42. The fourth-order valence-corrected chi connectivity index (χ4v) is 11.9. The molecule has 0 fully saturated rings.